The molecule has 0 atom stereocenters. The summed E-state index contributed by atoms with van der Waals surface area (Å²) < 4.78 is 13.0. The Kier molecular flexibility index (Phi) is 2.09. The number of nitrogens with zero attached hydrogens (tertiary/aromatic N) is 1. The molecular weight excluding hydrogens is 129 g/mol. The molecule has 1 fully saturated rings. The van der Waals surface area contributed by atoms with Gasteiger partial charge in [0.1, 0.15) is 5.67 Å². The molecule has 0 saturated heterocycles. The third-order valence-corrected chi connectivity index (χ3v) is 1.79. The number of halogens is 1. The van der Waals surface area contributed by atoms with Crippen molar-refractivity contribution >= 4 is 0 Å². The zero-order valence-corrected chi connectivity index (χ0v) is 6.44. The molecule has 0 radical (unpaired) electrons. The van der Waals surface area contributed by atoms with Crippen LogP contribution in [0.3, 0.4) is 0 Å². The smallest absolute Gasteiger partial charge is 0.123 e. The fourth-order valence-corrected chi connectivity index (χ4v) is 1.06. The number of hydrogen-bond acceptors (Lipinski definition) is 1. The summed E-state index contributed by atoms with van der Waals surface area (Å²) in [5, 5.41) is 0. The van der Waals surface area contributed by atoms with Gasteiger partial charge in [-0.3, -0.25) is 4.90 Å². The molecule has 1 nitrogen and oxygen atoms in total. The molecule has 1 aliphatic rings. The zero-order valence-electron chi connectivity index (χ0n) is 6.44. The van der Waals surface area contributed by atoms with E-state index in [1.807, 2.05) is 11.9 Å². The van der Waals surface area contributed by atoms with Gasteiger partial charge in [0.05, 0.1) is 0 Å². The second-order valence-electron chi connectivity index (χ2n) is 3.14. The molecule has 0 N–H and O–H groups in total. The van der Waals surface area contributed by atoms with Crippen molar-refractivity contribution in [1.29, 1.82) is 0 Å². The molecule has 0 heterocycles. The Balaban J connectivity index is 2.17. The minimum Gasteiger partial charge on any atom is -0.300 e. The van der Waals surface area contributed by atoms with Crippen molar-refractivity contribution in [2.24, 2.45) is 0 Å². The van der Waals surface area contributed by atoms with Gasteiger partial charge in [-0.05, 0) is 19.9 Å². The normalized spacial score (nSPS) is 21.1. The van der Waals surface area contributed by atoms with Gasteiger partial charge >= 0.3 is 0 Å². The minimum atomic E-state index is -0.849. The van der Waals surface area contributed by atoms with Crippen LogP contribution in [0.15, 0.2) is 12.7 Å². The Labute approximate surface area is 61.5 Å². The van der Waals surface area contributed by atoms with E-state index in [9.17, 15) is 4.39 Å². The Morgan fingerprint density at radius 1 is 1.70 bits per heavy atom. The molecule has 0 aromatic heterocycles. The lowest BCUT2D eigenvalue weighted by Gasteiger charge is -2.15. The van der Waals surface area contributed by atoms with Gasteiger partial charge in [-0.15, -0.1) is 6.58 Å². The highest BCUT2D eigenvalue weighted by Gasteiger charge is 2.43. The maximum Gasteiger partial charge on any atom is 0.123 e. The SMILES string of the molecule is C=CCN(C)CC1(F)CC1. The van der Waals surface area contributed by atoms with Crippen molar-refractivity contribution in [1.82, 2.24) is 4.90 Å². The van der Waals surface area contributed by atoms with Gasteiger partial charge in [0.15, 0.2) is 0 Å². The summed E-state index contributed by atoms with van der Waals surface area (Å²) in [6.45, 7) is 4.94. The molecule has 10 heavy (non-hydrogen) atoms. The summed E-state index contributed by atoms with van der Waals surface area (Å²) in [4.78, 5) is 1.96. The van der Waals surface area contributed by atoms with Gasteiger partial charge in [-0.1, -0.05) is 6.08 Å². The molecule has 2 heteroatoms. The first-order valence-corrected chi connectivity index (χ1v) is 3.65. The quantitative estimate of drug-likeness (QED) is 0.540. The van der Waals surface area contributed by atoms with Gasteiger partial charge < -0.3 is 0 Å². The van der Waals surface area contributed by atoms with Gasteiger partial charge in [-0.25, -0.2) is 4.39 Å². The minimum absolute atomic E-state index is 0.568. The second-order valence-corrected chi connectivity index (χ2v) is 3.14. The van der Waals surface area contributed by atoms with Crippen LogP contribution in [0.25, 0.3) is 0 Å². The van der Waals surface area contributed by atoms with E-state index in [-0.39, 0.29) is 0 Å². The molecule has 0 spiro atoms. The number of hydrogen-bond donors (Lipinski definition) is 0. The number of rotatable bonds is 4. The van der Waals surface area contributed by atoms with Crippen LogP contribution >= 0.6 is 0 Å². The maximum atomic E-state index is 13.0. The molecule has 1 saturated carbocycles. The molecule has 0 aromatic carbocycles. The summed E-state index contributed by atoms with van der Waals surface area (Å²) in [6.07, 6.45) is 3.29. The Bertz CT molecular complexity index is 129. The molecule has 1 aliphatic carbocycles. The van der Waals surface area contributed by atoms with Crippen molar-refractivity contribution < 1.29 is 4.39 Å². The topological polar surface area (TPSA) is 3.24 Å². The Hall–Kier alpha value is -0.370. The summed E-state index contributed by atoms with van der Waals surface area (Å²) in [7, 11) is 1.92. The van der Waals surface area contributed by atoms with Crippen LogP contribution in [0, 0.1) is 0 Å². The first-order valence-electron chi connectivity index (χ1n) is 3.65. The standard InChI is InChI=1S/C8H14FN/c1-3-6-10(2)7-8(9)4-5-8/h3H,1,4-7H2,2H3. The van der Waals surface area contributed by atoms with Crippen LogP contribution in [0.1, 0.15) is 12.8 Å². The van der Waals surface area contributed by atoms with Crippen molar-refractivity contribution in [2.45, 2.75) is 18.5 Å². The summed E-state index contributed by atoms with van der Waals surface area (Å²) in [5.41, 5.74) is -0.849. The molecule has 0 amide bonds. The van der Waals surface area contributed by atoms with Crippen molar-refractivity contribution in [3.05, 3.63) is 12.7 Å². The van der Waals surface area contributed by atoms with E-state index in [0.717, 1.165) is 19.4 Å². The van der Waals surface area contributed by atoms with Crippen LogP contribution < -0.4 is 0 Å². The van der Waals surface area contributed by atoms with Crippen LogP contribution in [0.2, 0.25) is 0 Å². The Morgan fingerprint density at radius 3 is 2.70 bits per heavy atom. The van der Waals surface area contributed by atoms with E-state index in [1.165, 1.54) is 0 Å². The van der Waals surface area contributed by atoms with Crippen LogP contribution in [0.4, 0.5) is 4.39 Å². The third-order valence-electron chi connectivity index (χ3n) is 1.79. The lowest BCUT2D eigenvalue weighted by molar-refractivity contribution is 0.214. The van der Waals surface area contributed by atoms with Gasteiger partial charge in [0.25, 0.3) is 0 Å². The Morgan fingerprint density at radius 2 is 2.30 bits per heavy atom. The average molecular weight is 143 g/mol. The predicted molar refractivity (Wildman–Crippen MR) is 40.8 cm³/mol. The first-order chi connectivity index (χ1) is 4.66. The van der Waals surface area contributed by atoms with Crippen LogP contribution in [-0.2, 0) is 0 Å². The third kappa shape index (κ3) is 2.10. The van der Waals surface area contributed by atoms with Gasteiger partial charge in [-0.2, -0.15) is 0 Å². The van der Waals surface area contributed by atoms with E-state index >= 15 is 0 Å². The monoisotopic (exact) mass is 143 g/mol. The van der Waals surface area contributed by atoms with Gasteiger partial charge in [0, 0.05) is 13.1 Å². The summed E-state index contributed by atoms with van der Waals surface area (Å²) in [5.74, 6) is 0. The molecule has 0 bridgehead atoms. The molecular formula is C8H14FN. The fourth-order valence-electron chi connectivity index (χ4n) is 1.06. The van der Waals surface area contributed by atoms with Crippen molar-refractivity contribution in [3.63, 3.8) is 0 Å². The van der Waals surface area contributed by atoms with E-state index in [0.29, 0.717) is 6.54 Å². The molecule has 0 unspecified atom stereocenters. The van der Waals surface area contributed by atoms with E-state index in [4.69, 9.17) is 0 Å². The first kappa shape index (κ1) is 7.73. The summed E-state index contributed by atoms with van der Waals surface area (Å²) >= 11 is 0. The average Bonchev–Trinajstić information content (AvgIpc) is 2.48. The van der Waals surface area contributed by atoms with Crippen molar-refractivity contribution in [2.75, 3.05) is 20.1 Å². The molecule has 58 valence electrons. The second kappa shape index (κ2) is 2.70. The zero-order chi connectivity index (χ0) is 7.61. The predicted octanol–water partition coefficient (Wildman–Crippen LogP) is 1.61. The van der Waals surface area contributed by atoms with E-state index in [1.54, 1.807) is 6.08 Å². The molecule has 1 rings (SSSR count). The fraction of sp³-hybridized carbons (Fsp3) is 0.750. The largest absolute Gasteiger partial charge is 0.300 e. The van der Waals surface area contributed by atoms with Crippen LogP contribution in [0.5, 0.6) is 0 Å². The van der Waals surface area contributed by atoms with E-state index < -0.39 is 5.67 Å². The lowest BCUT2D eigenvalue weighted by Crippen LogP contribution is -2.27. The highest BCUT2D eigenvalue weighted by atomic mass is 19.1. The highest BCUT2D eigenvalue weighted by molar-refractivity contribution is 4.96. The van der Waals surface area contributed by atoms with Crippen LogP contribution in [-0.4, -0.2) is 30.7 Å². The van der Waals surface area contributed by atoms with Crippen molar-refractivity contribution in [3.8, 4) is 0 Å². The number of alkyl halides is 1. The number of likely N-dealkylation sites (N-methyl/N-ethyl adjacent to an activating group) is 1. The highest BCUT2D eigenvalue weighted by Crippen LogP contribution is 2.39. The lowest BCUT2D eigenvalue weighted by atomic mass is 10.3. The molecule has 0 aromatic rings. The molecule has 0 aliphatic heterocycles. The maximum absolute atomic E-state index is 13.0. The van der Waals surface area contributed by atoms with Gasteiger partial charge in [0.2, 0.25) is 0 Å². The summed E-state index contributed by atoms with van der Waals surface area (Å²) in [6, 6.07) is 0. The van der Waals surface area contributed by atoms with E-state index in [2.05, 4.69) is 6.58 Å².